The molecule has 2 heterocycles. The van der Waals surface area contributed by atoms with Crippen molar-refractivity contribution in [2.45, 2.75) is 6.92 Å². The van der Waals surface area contributed by atoms with Crippen molar-refractivity contribution in [1.82, 2.24) is 0 Å². The zero-order valence-corrected chi connectivity index (χ0v) is 22.3. The van der Waals surface area contributed by atoms with E-state index in [2.05, 4.69) is 4.99 Å². The minimum absolute atomic E-state index is 0.0506. The monoisotopic (exact) mass is 582 g/mol. The molecule has 9 nitrogen and oxygen atoms in total. The Morgan fingerprint density at radius 2 is 1.87 bits per heavy atom. The summed E-state index contributed by atoms with van der Waals surface area (Å²) in [5.74, 6) is -0.888. The molecule has 0 N–H and O–H groups in total. The second-order valence-corrected chi connectivity index (χ2v) is 9.92. The quantitative estimate of drug-likeness (QED) is 0.0750. The molecule has 0 radical (unpaired) electrons. The average Bonchev–Trinajstić information content (AvgIpc) is 3.44. The number of nitrogens with zero attached hydrogens (tertiary/aromatic N) is 2. The Balaban J connectivity index is 1.40. The molecule has 0 saturated heterocycles. The van der Waals surface area contributed by atoms with Crippen LogP contribution in [0.15, 0.2) is 71.4 Å². The first-order valence-electron chi connectivity index (χ1n) is 11.4. The first-order chi connectivity index (χ1) is 18.7. The second kappa shape index (κ2) is 10.9. The van der Waals surface area contributed by atoms with Gasteiger partial charge in [0.25, 0.3) is 5.69 Å². The van der Waals surface area contributed by atoms with Crippen LogP contribution in [0.25, 0.3) is 16.2 Å². The van der Waals surface area contributed by atoms with E-state index in [0.29, 0.717) is 20.5 Å². The van der Waals surface area contributed by atoms with Crippen molar-refractivity contribution in [3.63, 3.8) is 0 Å². The summed E-state index contributed by atoms with van der Waals surface area (Å²) in [5.41, 5.74) is 0.579. The van der Waals surface area contributed by atoms with E-state index in [1.54, 1.807) is 37.3 Å². The first-order valence-corrected chi connectivity index (χ1v) is 12.9. The van der Waals surface area contributed by atoms with Gasteiger partial charge in [-0.1, -0.05) is 35.3 Å². The van der Waals surface area contributed by atoms with Crippen LogP contribution in [0.1, 0.15) is 27.7 Å². The van der Waals surface area contributed by atoms with Gasteiger partial charge in [-0.05, 0) is 55.0 Å². The van der Waals surface area contributed by atoms with Crippen LogP contribution in [-0.4, -0.2) is 29.4 Å². The Bertz CT molecular complexity index is 1710. The van der Waals surface area contributed by atoms with Gasteiger partial charge < -0.3 is 14.2 Å². The van der Waals surface area contributed by atoms with Crippen LogP contribution in [0.5, 0.6) is 11.5 Å². The first kappa shape index (κ1) is 26.4. The number of hydrogen-bond donors (Lipinski definition) is 0. The number of cyclic esters (lactones) is 1. The lowest BCUT2D eigenvalue weighted by Gasteiger charge is -2.11. The molecule has 0 unspecified atom stereocenters. The number of hydrogen-bond acceptors (Lipinski definition) is 9. The number of non-ortho nitro benzene ring substituents is 1. The molecule has 12 heteroatoms. The minimum Gasteiger partial charge on any atom is -0.490 e. The predicted octanol–water partition coefficient (Wildman–Crippen LogP) is 7.08. The number of halogens is 2. The summed E-state index contributed by atoms with van der Waals surface area (Å²) in [4.78, 5) is 40.3. The number of carbonyl (C=O) groups excluding carboxylic acids is 2. The van der Waals surface area contributed by atoms with Crippen LogP contribution in [-0.2, 0) is 9.53 Å². The third-order valence-corrected chi connectivity index (χ3v) is 7.37. The Kier molecular flexibility index (Phi) is 7.34. The Morgan fingerprint density at radius 1 is 1.10 bits per heavy atom. The van der Waals surface area contributed by atoms with Gasteiger partial charge in [0, 0.05) is 27.2 Å². The summed E-state index contributed by atoms with van der Waals surface area (Å²) in [7, 11) is 0. The number of rotatable bonds is 7. The lowest BCUT2D eigenvalue weighted by Crippen LogP contribution is -2.10. The van der Waals surface area contributed by atoms with Crippen molar-refractivity contribution in [2.75, 3.05) is 6.61 Å². The Morgan fingerprint density at radius 3 is 2.59 bits per heavy atom. The van der Waals surface area contributed by atoms with Crippen molar-refractivity contribution in [2.24, 2.45) is 4.99 Å². The fourth-order valence-electron chi connectivity index (χ4n) is 3.69. The third kappa shape index (κ3) is 5.49. The number of nitro benzene ring substituents is 1. The van der Waals surface area contributed by atoms with Gasteiger partial charge in [-0.25, -0.2) is 14.6 Å². The highest BCUT2D eigenvalue weighted by atomic mass is 35.5. The fraction of sp³-hybridized carbons (Fsp3) is 0.0741. The summed E-state index contributed by atoms with van der Waals surface area (Å²) in [6, 6.07) is 15.0. The van der Waals surface area contributed by atoms with Gasteiger partial charge >= 0.3 is 11.9 Å². The van der Waals surface area contributed by atoms with E-state index in [1.807, 2.05) is 0 Å². The van der Waals surface area contributed by atoms with E-state index in [1.165, 1.54) is 47.7 Å². The van der Waals surface area contributed by atoms with Gasteiger partial charge in [0.15, 0.2) is 17.2 Å². The summed E-state index contributed by atoms with van der Waals surface area (Å²) >= 11 is 13.9. The third-order valence-electron chi connectivity index (χ3n) is 5.49. The van der Waals surface area contributed by atoms with Crippen LogP contribution in [0.2, 0.25) is 10.0 Å². The molecule has 5 rings (SSSR count). The topological polar surface area (TPSA) is 117 Å². The molecule has 1 aliphatic heterocycles. The smallest absolute Gasteiger partial charge is 0.363 e. The second-order valence-electron chi connectivity index (χ2n) is 8.05. The number of nitro groups is 1. The maximum atomic E-state index is 12.6. The summed E-state index contributed by atoms with van der Waals surface area (Å²) in [6.45, 7) is 2.04. The van der Waals surface area contributed by atoms with E-state index in [4.69, 9.17) is 37.4 Å². The molecule has 1 aromatic heterocycles. The maximum absolute atomic E-state index is 12.6. The van der Waals surface area contributed by atoms with Crippen molar-refractivity contribution in [3.05, 3.63) is 103 Å². The van der Waals surface area contributed by atoms with Crippen molar-refractivity contribution in [1.29, 1.82) is 0 Å². The van der Waals surface area contributed by atoms with Crippen LogP contribution in [0, 0.1) is 10.1 Å². The maximum Gasteiger partial charge on any atom is 0.363 e. The highest BCUT2D eigenvalue weighted by molar-refractivity contribution is 7.21. The molecule has 0 spiro atoms. The Hall–Kier alpha value is -4.25. The van der Waals surface area contributed by atoms with Crippen LogP contribution in [0.4, 0.5) is 5.69 Å². The SMILES string of the molecule is CCOc1cc(/C=C2/N=C(c3sc4cc(Cl)ccc4c3Cl)OC2=O)ccc1OC(=O)c1ccc([N+](=O)[O-])cc1. The summed E-state index contributed by atoms with van der Waals surface area (Å²) < 4.78 is 17.3. The van der Waals surface area contributed by atoms with Gasteiger partial charge in [0.05, 0.1) is 22.1 Å². The molecule has 4 aromatic rings. The summed E-state index contributed by atoms with van der Waals surface area (Å²) in [5, 5.41) is 12.6. The zero-order chi connectivity index (χ0) is 27.7. The highest BCUT2D eigenvalue weighted by Crippen LogP contribution is 2.39. The lowest BCUT2D eigenvalue weighted by atomic mass is 10.1. The summed E-state index contributed by atoms with van der Waals surface area (Å²) in [6.07, 6.45) is 1.51. The normalized spacial score (nSPS) is 13.9. The van der Waals surface area contributed by atoms with Crippen molar-refractivity contribution < 1.29 is 28.7 Å². The van der Waals surface area contributed by atoms with Gasteiger partial charge in [-0.3, -0.25) is 10.1 Å². The molecule has 0 amide bonds. The molecular weight excluding hydrogens is 567 g/mol. The fourth-order valence-corrected chi connectivity index (χ4v) is 5.40. The zero-order valence-electron chi connectivity index (χ0n) is 20.0. The number of benzene rings is 3. The van der Waals surface area contributed by atoms with Crippen LogP contribution in [0.3, 0.4) is 0 Å². The average molecular weight is 583 g/mol. The van der Waals surface area contributed by atoms with Gasteiger partial charge in [0.2, 0.25) is 5.90 Å². The number of carbonyl (C=O) groups is 2. The number of thiophene rings is 1. The highest BCUT2D eigenvalue weighted by Gasteiger charge is 2.28. The minimum atomic E-state index is -0.716. The molecular formula is C27H16Cl2N2O7S. The van der Waals surface area contributed by atoms with Crippen molar-refractivity contribution in [3.8, 4) is 11.5 Å². The Labute approximate surface area is 235 Å². The predicted molar refractivity (Wildman–Crippen MR) is 148 cm³/mol. The lowest BCUT2D eigenvalue weighted by molar-refractivity contribution is -0.384. The molecule has 196 valence electrons. The van der Waals surface area contributed by atoms with Gasteiger partial charge in [0.1, 0.15) is 4.88 Å². The number of esters is 2. The molecule has 3 aromatic carbocycles. The van der Waals surface area contributed by atoms with Gasteiger partial charge in [-0.2, -0.15) is 0 Å². The van der Waals surface area contributed by atoms with E-state index in [-0.39, 0.29) is 41.0 Å². The number of ether oxygens (including phenoxy) is 3. The van der Waals surface area contributed by atoms with E-state index in [9.17, 15) is 19.7 Å². The van der Waals surface area contributed by atoms with E-state index >= 15 is 0 Å². The van der Waals surface area contributed by atoms with Gasteiger partial charge in [-0.15, -0.1) is 11.3 Å². The van der Waals surface area contributed by atoms with Crippen LogP contribution >= 0.6 is 34.5 Å². The molecule has 0 bridgehead atoms. The van der Waals surface area contributed by atoms with E-state index < -0.39 is 16.9 Å². The molecule has 39 heavy (non-hydrogen) atoms. The number of fused-ring (bicyclic) bond motifs is 1. The molecule has 1 aliphatic rings. The molecule has 0 saturated carbocycles. The van der Waals surface area contributed by atoms with E-state index in [0.717, 1.165) is 10.1 Å². The van der Waals surface area contributed by atoms with Crippen molar-refractivity contribution >= 4 is 74.2 Å². The molecule has 0 aliphatic carbocycles. The van der Waals surface area contributed by atoms with Crippen LogP contribution < -0.4 is 9.47 Å². The standard InChI is InChI=1S/C27H16Cl2N2O7S/c1-2-36-21-12-14(3-10-20(21)37-26(32)15-4-7-17(8-5-15)31(34)35)11-19-27(33)38-25(30-19)24-23(29)18-9-6-16(28)13-22(18)39-24/h3-13H,2H2,1H3/b19-11+. The molecule has 0 fully saturated rings. The number of aliphatic imine (C=N–C) groups is 1. The largest absolute Gasteiger partial charge is 0.490 e. The molecule has 0 atom stereocenters.